The zero-order valence-corrected chi connectivity index (χ0v) is 10.2. The van der Waals surface area contributed by atoms with Gasteiger partial charge in [0.25, 0.3) is 0 Å². The molecule has 1 aromatic carbocycles. The Bertz CT molecular complexity index is 263. The lowest BCUT2D eigenvalue weighted by atomic mass is 10.1. The summed E-state index contributed by atoms with van der Waals surface area (Å²) in [5.41, 5.74) is 2.72. The number of nitrogens with one attached hydrogen (secondary N) is 1. The molecule has 0 aliphatic carbocycles. The summed E-state index contributed by atoms with van der Waals surface area (Å²) in [4.78, 5) is 0. The van der Waals surface area contributed by atoms with Gasteiger partial charge in [0.2, 0.25) is 0 Å². The molecule has 15 heavy (non-hydrogen) atoms. The molecular formula is C14H23N. The van der Waals surface area contributed by atoms with E-state index >= 15 is 0 Å². The monoisotopic (exact) mass is 205 g/mol. The summed E-state index contributed by atoms with van der Waals surface area (Å²) in [5, 5.41) is 3.55. The molecule has 1 rings (SSSR count). The standard InChI is InChI=1S/C14H23N/c1-4-5-6-11-15-13(3)14-9-7-12(2)8-10-14/h7-10,13,15H,4-6,11H2,1-3H3/t13-/m0/s1. The third-order valence-electron chi connectivity index (χ3n) is 2.81. The van der Waals surface area contributed by atoms with Gasteiger partial charge in [-0.05, 0) is 32.4 Å². The molecule has 0 bridgehead atoms. The first kappa shape index (κ1) is 12.3. The van der Waals surface area contributed by atoms with Crippen LogP contribution >= 0.6 is 0 Å². The normalized spacial score (nSPS) is 12.7. The van der Waals surface area contributed by atoms with Gasteiger partial charge in [-0.3, -0.25) is 0 Å². The van der Waals surface area contributed by atoms with Crippen LogP contribution in [0.5, 0.6) is 0 Å². The van der Waals surface area contributed by atoms with E-state index < -0.39 is 0 Å². The van der Waals surface area contributed by atoms with Gasteiger partial charge in [-0.25, -0.2) is 0 Å². The van der Waals surface area contributed by atoms with Crippen LogP contribution in [0.3, 0.4) is 0 Å². The summed E-state index contributed by atoms with van der Waals surface area (Å²) in [6.45, 7) is 7.73. The van der Waals surface area contributed by atoms with E-state index in [9.17, 15) is 0 Å². The average molecular weight is 205 g/mol. The van der Waals surface area contributed by atoms with Crippen molar-refractivity contribution in [1.29, 1.82) is 0 Å². The molecule has 1 nitrogen and oxygen atoms in total. The van der Waals surface area contributed by atoms with Crippen LogP contribution in [0.15, 0.2) is 24.3 Å². The number of hydrogen-bond donors (Lipinski definition) is 1. The van der Waals surface area contributed by atoms with Crippen molar-refractivity contribution in [2.45, 2.75) is 46.1 Å². The molecule has 0 unspecified atom stereocenters. The molecule has 0 aliphatic rings. The van der Waals surface area contributed by atoms with Crippen molar-refractivity contribution in [3.8, 4) is 0 Å². The summed E-state index contributed by atoms with van der Waals surface area (Å²) < 4.78 is 0. The zero-order valence-electron chi connectivity index (χ0n) is 10.2. The Balaban J connectivity index is 2.33. The van der Waals surface area contributed by atoms with E-state index in [-0.39, 0.29) is 0 Å². The minimum Gasteiger partial charge on any atom is -0.310 e. The maximum absolute atomic E-state index is 3.55. The van der Waals surface area contributed by atoms with Gasteiger partial charge in [-0.2, -0.15) is 0 Å². The van der Waals surface area contributed by atoms with Gasteiger partial charge in [-0.15, -0.1) is 0 Å². The average Bonchev–Trinajstić information content (AvgIpc) is 2.25. The molecular weight excluding hydrogens is 182 g/mol. The Labute approximate surface area is 93.9 Å². The fraction of sp³-hybridized carbons (Fsp3) is 0.571. The molecule has 0 fully saturated rings. The summed E-state index contributed by atoms with van der Waals surface area (Å²) in [5.74, 6) is 0. The van der Waals surface area contributed by atoms with Crippen LogP contribution in [0.2, 0.25) is 0 Å². The molecule has 0 aliphatic heterocycles. The second kappa shape index (κ2) is 6.62. The maximum atomic E-state index is 3.55. The number of benzene rings is 1. The first-order valence-electron chi connectivity index (χ1n) is 6.04. The van der Waals surface area contributed by atoms with Gasteiger partial charge in [0, 0.05) is 6.04 Å². The Kier molecular flexibility index (Phi) is 5.41. The van der Waals surface area contributed by atoms with E-state index in [1.807, 2.05) is 0 Å². The number of hydrogen-bond acceptors (Lipinski definition) is 1. The smallest absolute Gasteiger partial charge is 0.0291 e. The first-order chi connectivity index (χ1) is 7.24. The summed E-state index contributed by atoms with van der Waals surface area (Å²) >= 11 is 0. The van der Waals surface area contributed by atoms with E-state index in [4.69, 9.17) is 0 Å². The second-order valence-electron chi connectivity index (χ2n) is 4.29. The molecule has 84 valence electrons. The number of unbranched alkanes of at least 4 members (excludes halogenated alkanes) is 2. The van der Waals surface area contributed by atoms with E-state index in [2.05, 4.69) is 50.4 Å². The molecule has 0 saturated carbocycles. The second-order valence-corrected chi connectivity index (χ2v) is 4.29. The minimum absolute atomic E-state index is 0.474. The van der Waals surface area contributed by atoms with Crippen LogP contribution < -0.4 is 5.32 Å². The van der Waals surface area contributed by atoms with Gasteiger partial charge in [-0.1, -0.05) is 49.6 Å². The predicted molar refractivity (Wildman–Crippen MR) is 67.1 cm³/mol. The molecule has 0 radical (unpaired) electrons. The van der Waals surface area contributed by atoms with Crippen molar-refractivity contribution in [3.63, 3.8) is 0 Å². The lowest BCUT2D eigenvalue weighted by Crippen LogP contribution is -2.19. The number of rotatable bonds is 6. The molecule has 1 atom stereocenters. The Morgan fingerprint density at radius 1 is 1.13 bits per heavy atom. The SMILES string of the molecule is CCCCCN[C@@H](C)c1ccc(C)cc1. The molecule has 0 heterocycles. The van der Waals surface area contributed by atoms with Crippen molar-refractivity contribution in [1.82, 2.24) is 5.32 Å². The van der Waals surface area contributed by atoms with Crippen LogP contribution in [-0.4, -0.2) is 6.54 Å². The highest BCUT2D eigenvalue weighted by Crippen LogP contribution is 2.12. The molecule has 0 spiro atoms. The van der Waals surface area contributed by atoms with Crippen LogP contribution in [0.25, 0.3) is 0 Å². The van der Waals surface area contributed by atoms with Gasteiger partial charge >= 0.3 is 0 Å². The predicted octanol–water partition coefficient (Wildman–Crippen LogP) is 3.84. The first-order valence-corrected chi connectivity index (χ1v) is 6.04. The molecule has 1 heteroatoms. The van der Waals surface area contributed by atoms with Crippen LogP contribution in [0.4, 0.5) is 0 Å². The van der Waals surface area contributed by atoms with Crippen molar-refractivity contribution in [2.24, 2.45) is 0 Å². The van der Waals surface area contributed by atoms with Crippen molar-refractivity contribution >= 4 is 0 Å². The van der Waals surface area contributed by atoms with Crippen LogP contribution in [0.1, 0.15) is 50.3 Å². The topological polar surface area (TPSA) is 12.0 Å². The van der Waals surface area contributed by atoms with Crippen molar-refractivity contribution in [3.05, 3.63) is 35.4 Å². The number of aryl methyl sites for hydroxylation is 1. The fourth-order valence-electron chi connectivity index (χ4n) is 1.67. The van der Waals surface area contributed by atoms with E-state index in [0.717, 1.165) is 6.54 Å². The highest BCUT2D eigenvalue weighted by Gasteiger charge is 2.02. The van der Waals surface area contributed by atoms with Gasteiger partial charge in [0.1, 0.15) is 0 Å². The van der Waals surface area contributed by atoms with E-state index in [1.165, 1.54) is 30.4 Å². The highest BCUT2D eigenvalue weighted by molar-refractivity contribution is 5.23. The van der Waals surface area contributed by atoms with Crippen LogP contribution in [0, 0.1) is 6.92 Å². The van der Waals surface area contributed by atoms with Gasteiger partial charge < -0.3 is 5.32 Å². The van der Waals surface area contributed by atoms with E-state index in [1.54, 1.807) is 0 Å². The van der Waals surface area contributed by atoms with Gasteiger partial charge in [0.05, 0.1) is 0 Å². The third kappa shape index (κ3) is 4.48. The lowest BCUT2D eigenvalue weighted by molar-refractivity contribution is 0.544. The molecule has 1 N–H and O–H groups in total. The van der Waals surface area contributed by atoms with Crippen LogP contribution in [-0.2, 0) is 0 Å². The molecule has 0 aromatic heterocycles. The minimum atomic E-state index is 0.474. The summed E-state index contributed by atoms with van der Waals surface area (Å²) in [6, 6.07) is 9.26. The lowest BCUT2D eigenvalue weighted by Gasteiger charge is -2.14. The molecule has 0 saturated heterocycles. The quantitative estimate of drug-likeness (QED) is 0.696. The zero-order chi connectivity index (χ0) is 11.1. The highest BCUT2D eigenvalue weighted by atomic mass is 14.9. The van der Waals surface area contributed by atoms with E-state index in [0.29, 0.717) is 6.04 Å². The summed E-state index contributed by atoms with van der Waals surface area (Å²) in [7, 11) is 0. The Hall–Kier alpha value is -0.820. The fourth-order valence-corrected chi connectivity index (χ4v) is 1.67. The Morgan fingerprint density at radius 3 is 2.40 bits per heavy atom. The van der Waals surface area contributed by atoms with Gasteiger partial charge in [0.15, 0.2) is 0 Å². The van der Waals surface area contributed by atoms with Crippen molar-refractivity contribution in [2.75, 3.05) is 6.54 Å². The summed E-state index contributed by atoms with van der Waals surface area (Å²) in [6.07, 6.45) is 3.90. The maximum Gasteiger partial charge on any atom is 0.0291 e. The molecule has 0 amide bonds. The van der Waals surface area contributed by atoms with Crippen molar-refractivity contribution < 1.29 is 0 Å². The largest absolute Gasteiger partial charge is 0.310 e. The molecule has 1 aromatic rings. The Morgan fingerprint density at radius 2 is 1.80 bits per heavy atom. The third-order valence-corrected chi connectivity index (χ3v) is 2.81.